The van der Waals surface area contributed by atoms with Crippen molar-refractivity contribution >= 4 is 0 Å². The molecular weight excluding hydrogens is 212 g/mol. The van der Waals surface area contributed by atoms with E-state index in [-0.39, 0.29) is 6.04 Å². The summed E-state index contributed by atoms with van der Waals surface area (Å²) in [7, 11) is 0. The molecule has 2 aromatic rings. The minimum atomic E-state index is -0.0155. The summed E-state index contributed by atoms with van der Waals surface area (Å²) >= 11 is 0. The molecule has 0 bridgehead atoms. The highest BCUT2D eigenvalue weighted by Gasteiger charge is 2.10. The van der Waals surface area contributed by atoms with Gasteiger partial charge in [0.05, 0.1) is 6.20 Å². The van der Waals surface area contributed by atoms with Crippen LogP contribution in [0.2, 0.25) is 0 Å². The highest BCUT2D eigenvalue weighted by atomic mass is 15.3. The van der Waals surface area contributed by atoms with Gasteiger partial charge in [0.15, 0.2) is 0 Å². The number of rotatable bonds is 4. The Morgan fingerprint density at radius 3 is 2.88 bits per heavy atom. The first-order valence-corrected chi connectivity index (χ1v) is 5.88. The highest BCUT2D eigenvalue weighted by Crippen LogP contribution is 2.18. The molecule has 0 saturated carbocycles. The zero-order valence-corrected chi connectivity index (χ0v) is 10.3. The maximum atomic E-state index is 6.20. The third-order valence-electron chi connectivity index (χ3n) is 2.95. The molecule has 1 unspecified atom stereocenters. The van der Waals surface area contributed by atoms with Gasteiger partial charge in [-0.2, -0.15) is 5.10 Å². The molecule has 0 radical (unpaired) electrons. The zero-order chi connectivity index (χ0) is 12.3. The van der Waals surface area contributed by atoms with Crippen LogP contribution in [-0.2, 0) is 13.0 Å². The maximum absolute atomic E-state index is 6.20. The van der Waals surface area contributed by atoms with E-state index in [4.69, 9.17) is 5.73 Å². The highest BCUT2D eigenvalue weighted by molar-refractivity contribution is 5.26. The Kier molecular flexibility index (Phi) is 3.54. The Morgan fingerprint density at radius 2 is 2.24 bits per heavy atom. The van der Waals surface area contributed by atoms with Crippen molar-refractivity contribution in [1.82, 2.24) is 14.8 Å². The SMILES string of the molecule is CCn1cc(CC(N)c2cnccc2C)cn1. The van der Waals surface area contributed by atoms with Gasteiger partial charge in [0, 0.05) is 31.2 Å². The van der Waals surface area contributed by atoms with E-state index in [0.717, 1.165) is 18.5 Å². The van der Waals surface area contributed by atoms with Gasteiger partial charge in [0.2, 0.25) is 0 Å². The number of nitrogens with two attached hydrogens (primary N) is 1. The largest absolute Gasteiger partial charge is 0.324 e. The van der Waals surface area contributed by atoms with Crippen LogP contribution in [0.25, 0.3) is 0 Å². The first kappa shape index (κ1) is 11.8. The lowest BCUT2D eigenvalue weighted by molar-refractivity contribution is 0.657. The summed E-state index contributed by atoms with van der Waals surface area (Å²) in [5, 5.41) is 4.25. The maximum Gasteiger partial charge on any atom is 0.0522 e. The van der Waals surface area contributed by atoms with Crippen LogP contribution >= 0.6 is 0 Å². The minimum Gasteiger partial charge on any atom is -0.324 e. The Balaban J connectivity index is 2.11. The van der Waals surface area contributed by atoms with Crippen LogP contribution in [-0.4, -0.2) is 14.8 Å². The van der Waals surface area contributed by atoms with Crippen LogP contribution in [0, 0.1) is 6.92 Å². The summed E-state index contributed by atoms with van der Waals surface area (Å²) in [6.07, 6.45) is 8.37. The number of hydrogen-bond acceptors (Lipinski definition) is 3. The standard InChI is InChI=1S/C13H18N4/c1-3-17-9-11(7-16-17)6-13(14)12-8-15-5-4-10(12)2/h4-5,7-9,13H,3,6,14H2,1-2H3. The average Bonchev–Trinajstić information content (AvgIpc) is 2.77. The molecule has 2 N–H and O–H groups in total. The van der Waals surface area contributed by atoms with Crippen molar-refractivity contribution in [1.29, 1.82) is 0 Å². The van der Waals surface area contributed by atoms with Crippen LogP contribution in [0.3, 0.4) is 0 Å². The van der Waals surface area contributed by atoms with Crippen LogP contribution in [0.15, 0.2) is 30.9 Å². The van der Waals surface area contributed by atoms with Gasteiger partial charge < -0.3 is 5.73 Å². The van der Waals surface area contributed by atoms with Gasteiger partial charge in [-0.05, 0) is 43.0 Å². The smallest absolute Gasteiger partial charge is 0.0522 e. The van der Waals surface area contributed by atoms with Crippen molar-refractivity contribution in [3.8, 4) is 0 Å². The third kappa shape index (κ3) is 2.71. The predicted molar refractivity (Wildman–Crippen MR) is 67.5 cm³/mol. The Hall–Kier alpha value is -1.68. The molecule has 0 amide bonds. The van der Waals surface area contributed by atoms with Crippen molar-refractivity contribution < 1.29 is 0 Å². The first-order chi connectivity index (χ1) is 8.20. The van der Waals surface area contributed by atoms with Crippen molar-refractivity contribution in [3.63, 3.8) is 0 Å². The molecule has 2 rings (SSSR count). The second kappa shape index (κ2) is 5.10. The van der Waals surface area contributed by atoms with Crippen LogP contribution in [0.1, 0.15) is 29.7 Å². The normalized spacial score (nSPS) is 12.6. The Bertz CT molecular complexity index is 490. The molecule has 17 heavy (non-hydrogen) atoms. The number of pyridine rings is 1. The van der Waals surface area contributed by atoms with E-state index >= 15 is 0 Å². The van der Waals surface area contributed by atoms with E-state index in [9.17, 15) is 0 Å². The van der Waals surface area contributed by atoms with Gasteiger partial charge in [0.25, 0.3) is 0 Å². The number of nitrogens with zero attached hydrogens (tertiary/aromatic N) is 3. The Labute approximate surface area is 101 Å². The lowest BCUT2D eigenvalue weighted by Crippen LogP contribution is -2.14. The number of aromatic nitrogens is 3. The lowest BCUT2D eigenvalue weighted by atomic mass is 10.00. The average molecular weight is 230 g/mol. The molecule has 4 heteroatoms. The molecule has 1 atom stereocenters. The fraction of sp³-hybridized carbons (Fsp3) is 0.385. The van der Waals surface area contributed by atoms with Gasteiger partial charge in [-0.15, -0.1) is 0 Å². The van der Waals surface area contributed by atoms with Gasteiger partial charge in [-0.3, -0.25) is 9.67 Å². The Morgan fingerprint density at radius 1 is 1.41 bits per heavy atom. The molecule has 2 aromatic heterocycles. The van der Waals surface area contributed by atoms with Crippen molar-refractivity contribution in [2.24, 2.45) is 5.73 Å². The minimum absolute atomic E-state index is 0.0155. The molecule has 0 fully saturated rings. The summed E-state index contributed by atoms with van der Waals surface area (Å²) in [6, 6.07) is 1.98. The molecule has 0 spiro atoms. The summed E-state index contributed by atoms with van der Waals surface area (Å²) in [5.74, 6) is 0. The monoisotopic (exact) mass is 230 g/mol. The molecule has 0 aliphatic rings. The molecule has 0 aliphatic carbocycles. The van der Waals surface area contributed by atoms with Crippen LogP contribution in [0.4, 0.5) is 0 Å². The molecule has 0 aromatic carbocycles. The summed E-state index contributed by atoms with van der Waals surface area (Å²) in [6.45, 7) is 5.02. The number of hydrogen-bond donors (Lipinski definition) is 1. The van der Waals surface area contributed by atoms with E-state index in [2.05, 4.69) is 23.9 Å². The van der Waals surface area contributed by atoms with Crippen molar-refractivity contribution in [3.05, 3.63) is 47.5 Å². The first-order valence-electron chi connectivity index (χ1n) is 5.88. The predicted octanol–water partition coefficient (Wildman–Crippen LogP) is 1.85. The summed E-state index contributed by atoms with van der Waals surface area (Å²) in [4.78, 5) is 4.13. The third-order valence-corrected chi connectivity index (χ3v) is 2.95. The van der Waals surface area contributed by atoms with Crippen LogP contribution < -0.4 is 5.73 Å². The van der Waals surface area contributed by atoms with Crippen molar-refractivity contribution in [2.45, 2.75) is 32.9 Å². The van der Waals surface area contributed by atoms with Crippen molar-refractivity contribution in [2.75, 3.05) is 0 Å². The van der Waals surface area contributed by atoms with E-state index < -0.39 is 0 Å². The lowest BCUT2D eigenvalue weighted by Gasteiger charge is -2.12. The van der Waals surface area contributed by atoms with E-state index in [1.807, 2.05) is 29.3 Å². The molecular formula is C13H18N4. The zero-order valence-electron chi connectivity index (χ0n) is 10.3. The van der Waals surface area contributed by atoms with Gasteiger partial charge in [-0.25, -0.2) is 0 Å². The fourth-order valence-corrected chi connectivity index (χ4v) is 1.91. The molecule has 2 heterocycles. The second-order valence-corrected chi connectivity index (χ2v) is 4.25. The van der Waals surface area contributed by atoms with Gasteiger partial charge in [0.1, 0.15) is 0 Å². The summed E-state index contributed by atoms with van der Waals surface area (Å²) < 4.78 is 1.91. The molecule has 0 aliphatic heterocycles. The quantitative estimate of drug-likeness (QED) is 0.872. The summed E-state index contributed by atoms with van der Waals surface area (Å²) in [5.41, 5.74) is 9.67. The molecule has 4 nitrogen and oxygen atoms in total. The fourth-order valence-electron chi connectivity index (χ4n) is 1.91. The molecule has 90 valence electrons. The van der Waals surface area contributed by atoms with E-state index in [1.54, 1.807) is 6.20 Å². The number of aryl methyl sites for hydroxylation is 2. The van der Waals surface area contributed by atoms with Gasteiger partial charge >= 0.3 is 0 Å². The van der Waals surface area contributed by atoms with E-state index in [1.165, 1.54) is 11.1 Å². The molecule has 0 saturated heterocycles. The topological polar surface area (TPSA) is 56.7 Å². The van der Waals surface area contributed by atoms with E-state index in [0.29, 0.717) is 0 Å². The van der Waals surface area contributed by atoms with Crippen LogP contribution in [0.5, 0.6) is 0 Å². The van der Waals surface area contributed by atoms with Gasteiger partial charge in [-0.1, -0.05) is 0 Å². The second-order valence-electron chi connectivity index (χ2n) is 4.25.